The highest BCUT2D eigenvalue weighted by atomic mass is 35.5. The second-order valence-corrected chi connectivity index (χ2v) is 7.14. The highest BCUT2D eigenvalue weighted by Crippen LogP contribution is 2.24. The summed E-state index contributed by atoms with van der Waals surface area (Å²) in [5, 5.41) is 0.552. The van der Waals surface area contributed by atoms with Crippen LogP contribution in [0, 0.1) is 13.8 Å². The molecule has 0 radical (unpaired) electrons. The van der Waals surface area contributed by atoms with Crippen molar-refractivity contribution in [3.05, 3.63) is 57.6 Å². The van der Waals surface area contributed by atoms with Gasteiger partial charge in [-0.25, -0.2) is 8.42 Å². The third-order valence-corrected chi connectivity index (χ3v) is 4.42. The topological polar surface area (TPSA) is 46.2 Å². The van der Waals surface area contributed by atoms with Crippen molar-refractivity contribution in [1.29, 1.82) is 0 Å². The molecule has 2 aromatic rings. The van der Waals surface area contributed by atoms with Crippen LogP contribution in [0.2, 0.25) is 10.0 Å². The minimum absolute atomic E-state index is 0.0363. The predicted octanol–water partition coefficient (Wildman–Crippen LogP) is 4.41. The maximum Gasteiger partial charge on any atom is 0.261 e. The van der Waals surface area contributed by atoms with Gasteiger partial charge in [0.25, 0.3) is 10.0 Å². The van der Waals surface area contributed by atoms with E-state index in [0.717, 1.165) is 11.1 Å². The Bertz CT molecular complexity index is 717. The predicted molar refractivity (Wildman–Crippen MR) is 83.2 cm³/mol. The van der Waals surface area contributed by atoms with Crippen LogP contribution < -0.4 is 4.72 Å². The maximum absolute atomic E-state index is 12.3. The highest BCUT2D eigenvalue weighted by Gasteiger charge is 2.16. The van der Waals surface area contributed by atoms with E-state index in [0.29, 0.717) is 5.69 Å². The smallest absolute Gasteiger partial charge is 0.261 e. The molecular formula is C14H13Cl2NO2S. The van der Waals surface area contributed by atoms with Crippen LogP contribution in [0.1, 0.15) is 11.1 Å². The Kier molecular flexibility index (Phi) is 4.28. The fourth-order valence-electron chi connectivity index (χ4n) is 1.93. The van der Waals surface area contributed by atoms with Crippen LogP contribution in [0.25, 0.3) is 0 Å². The first-order chi connectivity index (χ1) is 9.26. The van der Waals surface area contributed by atoms with Crippen molar-refractivity contribution in [2.45, 2.75) is 18.7 Å². The lowest BCUT2D eigenvalue weighted by Gasteiger charge is -2.10. The molecule has 0 heterocycles. The molecule has 0 atom stereocenters. The van der Waals surface area contributed by atoms with Gasteiger partial charge in [0.15, 0.2) is 0 Å². The van der Waals surface area contributed by atoms with Crippen LogP contribution >= 0.6 is 23.2 Å². The third kappa shape index (κ3) is 3.66. The summed E-state index contributed by atoms with van der Waals surface area (Å²) >= 11 is 11.7. The summed E-state index contributed by atoms with van der Waals surface area (Å²) in [6.45, 7) is 3.81. The molecule has 0 saturated heterocycles. The molecule has 3 nitrogen and oxygen atoms in total. The van der Waals surface area contributed by atoms with Gasteiger partial charge < -0.3 is 0 Å². The molecule has 0 amide bonds. The molecular weight excluding hydrogens is 317 g/mol. The Labute approximate surface area is 128 Å². The molecule has 0 fully saturated rings. The summed E-state index contributed by atoms with van der Waals surface area (Å²) in [4.78, 5) is 0.0363. The van der Waals surface area contributed by atoms with Crippen LogP contribution in [0.3, 0.4) is 0 Å². The summed E-state index contributed by atoms with van der Waals surface area (Å²) in [5.74, 6) is 0. The van der Waals surface area contributed by atoms with E-state index in [9.17, 15) is 8.42 Å². The number of nitrogens with one attached hydrogen (secondary N) is 1. The lowest BCUT2D eigenvalue weighted by Crippen LogP contribution is -2.13. The fraction of sp³-hybridized carbons (Fsp3) is 0.143. The van der Waals surface area contributed by atoms with Crippen LogP contribution in [0.4, 0.5) is 5.69 Å². The van der Waals surface area contributed by atoms with Crippen molar-refractivity contribution in [3.8, 4) is 0 Å². The third-order valence-electron chi connectivity index (χ3n) is 2.62. The number of rotatable bonds is 3. The summed E-state index contributed by atoms with van der Waals surface area (Å²) in [6.07, 6.45) is 0. The van der Waals surface area contributed by atoms with Gasteiger partial charge in [-0.1, -0.05) is 29.3 Å². The van der Waals surface area contributed by atoms with Gasteiger partial charge in [-0.15, -0.1) is 0 Å². The number of hydrogen-bond acceptors (Lipinski definition) is 2. The molecule has 1 N–H and O–H groups in total. The number of anilines is 1. The average molecular weight is 330 g/mol. The van der Waals surface area contributed by atoms with E-state index >= 15 is 0 Å². The number of hydrogen-bond donors (Lipinski definition) is 1. The molecule has 2 aromatic carbocycles. The first-order valence-corrected chi connectivity index (χ1v) is 8.07. The van der Waals surface area contributed by atoms with E-state index in [1.165, 1.54) is 18.2 Å². The second-order valence-electron chi connectivity index (χ2n) is 4.59. The molecule has 0 spiro atoms. The quantitative estimate of drug-likeness (QED) is 0.906. The van der Waals surface area contributed by atoms with Crippen LogP contribution in [0.5, 0.6) is 0 Å². The number of benzene rings is 2. The van der Waals surface area contributed by atoms with Gasteiger partial charge in [0.1, 0.15) is 0 Å². The molecule has 0 bridgehead atoms. The summed E-state index contributed by atoms with van der Waals surface area (Å²) < 4.78 is 27.1. The van der Waals surface area contributed by atoms with Gasteiger partial charge in [0.05, 0.1) is 4.90 Å². The Morgan fingerprint density at radius 3 is 1.85 bits per heavy atom. The van der Waals surface area contributed by atoms with Crippen LogP contribution in [0.15, 0.2) is 41.3 Å². The lowest BCUT2D eigenvalue weighted by molar-refractivity contribution is 0.601. The SMILES string of the molecule is Cc1cc(C)cc(NS(=O)(=O)c2cc(Cl)cc(Cl)c2)c1. The van der Waals surface area contributed by atoms with Crippen molar-refractivity contribution in [1.82, 2.24) is 0 Å². The van der Waals surface area contributed by atoms with Gasteiger partial charge >= 0.3 is 0 Å². The van der Waals surface area contributed by atoms with Crippen molar-refractivity contribution in [3.63, 3.8) is 0 Å². The molecule has 0 aliphatic rings. The van der Waals surface area contributed by atoms with Crippen molar-refractivity contribution in [2.24, 2.45) is 0 Å². The van der Waals surface area contributed by atoms with Gasteiger partial charge in [0.2, 0.25) is 0 Å². The van der Waals surface area contributed by atoms with E-state index in [1.807, 2.05) is 19.9 Å². The Morgan fingerprint density at radius 2 is 1.35 bits per heavy atom. The summed E-state index contributed by atoms with van der Waals surface area (Å²) in [5.41, 5.74) is 2.47. The summed E-state index contributed by atoms with van der Waals surface area (Å²) in [6, 6.07) is 9.69. The van der Waals surface area contributed by atoms with E-state index in [4.69, 9.17) is 23.2 Å². The molecule has 2 rings (SSSR count). The molecule has 0 aliphatic heterocycles. The maximum atomic E-state index is 12.3. The first-order valence-electron chi connectivity index (χ1n) is 5.83. The van der Waals surface area contributed by atoms with Crippen molar-refractivity contribution in [2.75, 3.05) is 4.72 Å². The molecule has 0 saturated carbocycles. The van der Waals surface area contributed by atoms with E-state index in [-0.39, 0.29) is 14.9 Å². The van der Waals surface area contributed by atoms with E-state index in [1.54, 1.807) is 12.1 Å². The zero-order valence-electron chi connectivity index (χ0n) is 10.9. The van der Waals surface area contributed by atoms with Gasteiger partial charge in [-0.3, -0.25) is 4.72 Å². The Hall–Kier alpha value is -1.23. The largest absolute Gasteiger partial charge is 0.280 e. The van der Waals surface area contributed by atoms with E-state index < -0.39 is 10.0 Å². The number of aryl methyl sites for hydroxylation is 2. The second kappa shape index (κ2) is 5.64. The van der Waals surface area contributed by atoms with Crippen molar-refractivity contribution < 1.29 is 8.42 Å². The van der Waals surface area contributed by atoms with E-state index in [2.05, 4.69) is 4.72 Å². The normalized spacial score (nSPS) is 11.4. The monoisotopic (exact) mass is 329 g/mol. The Morgan fingerprint density at radius 1 is 0.850 bits per heavy atom. The molecule has 0 aromatic heterocycles. The first kappa shape index (κ1) is 15.2. The molecule has 6 heteroatoms. The molecule has 20 heavy (non-hydrogen) atoms. The number of halogens is 2. The van der Waals surface area contributed by atoms with Gasteiger partial charge in [-0.2, -0.15) is 0 Å². The standard InChI is InChI=1S/C14H13Cl2NO2S/c1-9-3-10(2)5-13(4-9)17-20(18,19)14-7-11(15)6-12(16)8-14/h3-8,17H,1-2H3. The lowest BCUT2D eigenvalue weighted by atomic mass is 10.1. The van der Waals surface area contributed by atoms with Gasteiger partial charge in [-0.05, 0) is 55.3 Å². The molecule has 106 valence electrons. The zero-order chi connectivity index (χ0) is 14.9. The highest BCUT2D eigenvalue weighted by molar-refractivity contribution is 7.92. The van der Waals surface area contributed by atoms with Crippen molar-refractivity contribution >= 4 is 38.9 Å². The average Bonchev–Trinajstić information content (AvgIpc) is 2.25. The molecule has 0 aliphatic carbocycles. The minimum Gasteiger partial charge on any atom is -0.280 e. The van der Waals surface area contributed by atoms with Crippen LogP contribution in [-0.2, 0) is 10.0 Å². The van der Waals surface area contributed by atoms with Gasteiger partial charge in [0, 0.05) is 15.7 Å². The molecule has 0 unspecified atom stereocenters. The summed E-state index contributed by atoms with van der Waals surface area (Å²) in [7, 11) is -3.71. The fourth-order valence-corrected chi connectivity index (χ4v) is 3.70. The van der Waals surface area contributed by atoms with Crippen LogP contribution in [-0.4, -0.2) is 8.42 Å². The zero-order valence-corrected chi connectivity index (χ0v) is 13.3. The minimum atomic E-state index is -3.71. The number of sulfonamides is 1. The Balaban J connectivity index is 2.40.